The quantitative estimate of drug-likeness (QED) is 0.855. The number of benzene rings is 1. The molecule has 0 aliphatic carbocycles. The molecule has 4 heteroatoms. The first-order valence-electron chi connectivity index (χ1n) is 5.14. The van der Waals surface area contributed by atoms with Gasteiger partial charge >= 0.3 is 0 Å². The molecular formula is C12H14FN3. The molecule has 1 aromatic heterocycles. The highest BCUT2D eigenvalue weighted by Gasteiger charge is 2.09. The van der Waals surface area contributed by atoms with E-state index in [1.54, 1.807) is 18.3 Å². The molecule has 16 heavy (non-hydrogen) atoms. The van der Waals surface area contributed by atoms with Crippen LogP contribution >= 0.6 is 0 Å². The van der Waals surface area contributed by atoms with Crippen molar-refractivity contribution in [2.45, 2.75) is 6.54 Å². The first-order chi connectivity index (χ1) is 7.72. The van der Waals surface area contributed by atoms with E-state index < -0.39 is 0 Å². The van der Waals surface area contributed by atoms with Crippen LogP contribution in [0.3, 0.4) is 0 Å². The zero-order chi connectivity index (χ0) is 11.5. The first kappa shape index (κ1) is 10.8. The predicted octanol–water partition coefficient (Wildman–Crippen LogP) is 1.95. The van der Waals surface area contributed by atoms with Gasteiger partial charge in [-0.3, -0.25) is 4.68 Å². The largest absolute Gasteiger partial charge is 0.314 e. The third-order valence-corrected chi connectivity index (χ3v) is 2.56. The Morgan fingerprint density at radius 2 is 2.00 bits per heavy atom. The molecule has 84 valence electrons. The van der Waals surface area contributed by atoms with Crippen molar-refractivity contribution in [3.63, 3.8) is 0 Å². The minimum absolute atomic E-state index is 0.220. The number of aryl methyl sites for hydroxylation is 1. The van der Waals surface area contributed by atoms with Crippen LogP contribution in [0.25, 0.3) is 11.1 Å². The van der Waals surface area contributed by atoms with Crippen LogP contribution in [-0.2, 0) is 13.6 Å². The molecule has 2 rings (SSSR count). The number of nitrogens with one attached hydrogen (secondary N) is 1. The Kier molecular flexibility index (Phi) is 3.01. The van der Waals surface area contributed by atoms with Crippen LogP contribution in [-0.4, -0.2) is 16.8 Å². The number of hydrogen-bond acceptors (Lipinski definition) is 2. The van der Waals surface area contributed by atoms with Gasteiger partial charge in [-0.05, 0) is 24.7 Å². The fraction of sp³-hybridized carbons (Fsp3) is 0.250. The monoisotopic (exact) mass is 219 g/mol. The maximum absolute atomic E-state index is 12.8. The van der Waals surface area contributed by atoms with Crippen LogP contribution in [0.15, 0.2) is 30.5 Å². The Labute approximate surface area is 93.9 Å². The van der Waals surface area contributed by atoms with E-state index in [9.17, 15) is 4.39 Å². The summed E-state index contributed by atoms with van der Waals surface area (Å²) in [5.41, 5.74) is 3.12. The fourth-order valence-corrected chi connectivity index (χ4v) is 1.71. The molecule has 1 aromatic carbocycles. The lowest BCUT2D eigenvalue weighted by atomic mass is 10.1. The van der Waals surface area contributed by atoms with Gasteiger partial charge in [-0.15, -0.1) is 0 Å². The van der Waals surface area contributed by atoms with E-state index in [2.05, 4.69) is 10.4 Å². The molecule has 1 N–H and O–H groups in total. The van der Waals surface area contributed by atoms with Gasteiger partial charge in [-0.25, -0.2) is 4.39 Å². The molecule has 0 fully saturated rings. The summed E-state index contributed by atoms with van der Waals surface area (Å²) in [4.78, 5) is 0. The Bertz CT molecular complexity index is 474. The van der Waals surface area contributed by atoms with Crippen LogP contribution in [0.5, 0.6) is 0 Å². The Hall–Kier alpha value is -1.68. The van der Waals surface area contributed by atoms with E-state index >= 15 is 0 Å². The average molecular weight is 219 g/mol. The molecule has 0 aliphatic heterocycles. The van der Waals surface area contributed by atoms with Crippen LogP contribution in [0.4, 0.5) is 4.39 Å². The van der Waals surface area contributed by atoms with Gasteiger partial charge in [-0.2, -0.15) is 5.10 Å². The van der Waals surface area contributed by atoms with E-state index in [-0.39, 0.29) is 5.82 Å². The van der Waals surface area contributed by atoms with Crippen molar-refractivity contribution in [1.82, 2.24) is 15.1 Å². The van der Waals surface area contributed by atoms with Crippen molar-refractivity contribution >= 4 is 0 Å². The maximum atomic E-state index is 12.8. The molecule has 0 atom stereocenters. The van der Waals surface area contributed by atoms with E-state index in [0.29, 0.717) is 0 Å². The fourth-order valence-electron chi connectivity index (χ4n) is 1.71. The summed E-state index contributed by atoms with van der Waals surface area (Å²) < 4.78 is 14.7. The summed E-state index contributed by atoms with van der Waals surface area (Å²) in [6.45, 7) is 0.739. The molecule has 0 spiro atoms. The molecule has 0 bridgehead atoms. The maximum Gasteiger partial charge on any atom is 0.123 e. The smallest absolute Gasteiger partial charge is 0.123 e. The highest BCUT2D eigenvalue weighted by molar-refractivity contribution is 5.65. The Morgan fingerprint density at radius 3 is 2.62 bits per heavy atom. The van der Waals surface area contributed by atoms with Gasteiger partial charge in [0.2, 0.25) is 0 Å². The second-order valence-electron chi connectivity index (χ2n) is 3.67. The lowest BCUT2D eigenvalue weighted by Gasteiger charge is -2.05. The van der Waals surface area contributed by atoms with E-state index in [1.807, 2.05) is 18.8 Å². The molecule has 3 nitrogen and oxygen atoms in total. The average Bonchev–Trinajstić information content (AvgIpc) is 2.63. The third-order valence-electron chi connectivity index (χ3n) is 2.56. The number of rotatable bonds is 3. The predicted molar refractivity (Wildman–Crippen MR) is 61.4 cm³/mol. The number of hydrogen-bond donors (Lipinski definition) is 1. The highest BCUT2D eigenvalue weighted by Crippen LogP contribution is 2.23. The minimum atomic E-state index is -0.220. The van der Waals surface area contributed by atoms with Crippen LogP contribution in [0, 0.1) is 5.82 Å². The lowest BCUT2D eigenvalue weighted by molar-refractivity contribution is 0.628. The highest BCUT2D eigenvalue weighted by atomic mass is 19.1. The van der Waals surface area contributed by atoms with Gasteiger partial charge in [-0.1, -0.05) is 12.1 Å². The van der Waals surface area contributed by atoms with E-state index in [4.69, 9.17) is 0 Å². The van der Waals surface area contributed by atoms with E-state index in [0.717, 1.165) is 23.4 Å². The molecule has 0 saturated heterocycles. The van der Waals surface area contributed by atoms with Crippen molar-refractivity contribution in [2.75, 3.05) is 7.05 Å². The van der Waals surface area contributed by atoms with Gasteiger partial charge in [0.15, 0.2) is 0 Å². The molecule has 0 aliphatic rings. The SMILES string of the molecule is CNCc1c(-c2ccc(F)cc2)cnn1C. The summed E-state index contributed by atoms with van der Waals surface area (Å²) >= 11 is 0. The Morgan fingerprint density at radius 1 is 1.31 bits per heavy atom. The van der Waals surface area contributed by atoms with Gasteiger partial charge in [0.25, 0.3) is 0 Å². The summed E-state index contributed by atoms with van der Waals surface area (Å²) in [6.07, 6.45) is 1.81. The van der Waals surface area contributed by atoms with Crippen molar-refractivity contribution in [3.8, 4) is 11.1 Å². The summed E-state index contributed by atoms with van der Waals surface area (Å²) in [5.74, 6) is -0.220. The second-order valence-corrected chi connectivity index (χ2v) is 3.67. The van der Waals surface area contributed by atoms with Crippen molar-refractivity contribution in [3.05, 3.63) is 42.0 Å². The van der Waals surface area contributed by atoms with Gasteiger partial charge < -0.3 is 5.32 Å². The number of aromatic nitrogens is 2. The summed E-state index contributed by atoms with van der Waals surface area (Å²) in [5, 5.41) is 7.31. The zero-order valence-electron chi connectivity index (χ0n) is 9.37. The zero-order valence-corrected chi connectivity index (χ0v) is 9.37. The number of halogens is 1. The molecule has 0 radical (unpaired) electrons. The molecule has 0 saturated carbocycles. The van der Waals surface area contributed by atoms with E-state index in [1.165, 1.54) is 12.1 Å². The standard InChI is InChI=1S/C12H14FN3/c1-14-8-12-11(7-15-16(12)2)9-3-5-10(13)6-4-9/h3-7,14H,8H2,1-2H3. The van der Waals surface area contributed by atoms with Gasteiger partial charge in [0.1, 0.15) is 5.82 Å². The normalized spacial score (nSPS) is 10.7. The molecule has 1 heterocycles. The Balaban J connectivity index is 2.43. The van der Waals surface area contributed by atoms with Gasteiger partial charge in [0.05, 0.1) is 11.9 Å². The van der Waals surface area contributed by atoms with Crippen LogP contribution < -0.4 is 5.32 Å². The summed E-state index contributed by atoms with van der Waals surface area (Å²) in [6, 6.07) is 6.47. The first-order valence-corrected chi connectivity index (χ1v) is 5.14. The molecule has 0 unspecified atom stereocenters. The lowest BCUT2D eigenvalue weighted by Crippen LogP contribution is -2.10. The molecule has 0 amide bonds. The topological polar surface area (TPSA) is 29.9 Å². The molecule has 2 aromatic rings. The summed E-state index contributed by atoms with van der Waals surface area (Å²) in [7, 11) is 3.79. The molecular weight excluding hydrogens is 205 g/mol. The van der Waals surface area contributed by atoms with Crippen LogP contribution in [0.2, 0.25) is 0 Å². The van der Waals surface area contributed by atoms with Crippen molar-refractivity contribution < 1.29 is 4.39 Å². The van der Waals surface area contributed by atoms with Gasteiger partial charge in [0, 0.05) is 19.2 Å². The third kappa shape index (κ3) is 1.97. The van der Waals surface area contributed by atoms with Crippen LogP contribution in [0.1, 0.15) is 5.69 Å². The second kappa shape index (κ2) is 4.45. The van der Waals surface area contributed by atoms with Crippen molar-refractivity contribution in [1.29, 1.82) is 0 Å². The van der Waals surface area contributed by atoms with Crippen molar-refractivity contribution in [2.24, 2.45) is 7.05 Å². The number of nitrogens with zero attached hydrogens (tertiary/aromatic N) is 2. The minimum Gasteiger partial charge on any atom is -0.314 e.